The van der Waals surface area contributed by atoms with E-state index in [0.29, 0.717) is 5.69 Å². The zero-order valence-corrected chi connectivity index (χ0v) is 12.6. The van der Waals surface area contributed by atoms with Gasteiger partial charge in [-0.1, -0.05) is 23.2 Å². The van der Waals surface area contributed by atoms with Crippen molar-refractivity contribution < 1.29 is 18.3 Å². The van der Waals surface area contributed by atoms with Crippen LogP contribution in [0.15, 0.2) is 12.1 Å². The molecule has 0 spiro atoms. The van der Waals surface area contributed by atoms with Gasteiger partial charge in [0.15, 0.2) is 5.75 Å². The summed E-state index contributed by atoms with van der Waals surface area (Å²) in [5.41, 5.74) is 0.343. The van der Waals surface area contributed by atoms with Crippen LogP contribution < -0.4 is 15.4 Å². The van der Waals surface area contributed by atoms with Gasteiger partial charge in [-0.15, -0.1) is 0 Å². The first kappa shape index (κ1) is 16.3. The highest BCUT2D eigenvalue weighted by Crippen LogP contribution is 2.37. The molecule has 0 aromatic heterocycles. The fourth-order valence-electron chi connectivity index (χ4n) is 2.29. The van der Waals surface area contributed by atoms with E-state index in [4.69, 9.17) is 23.2 Å². The fraction of sp³-hybridized carbons (Fsp3) is 0.462. The largest absolute Gasteiger partial charge is 0.432 e. The molecule has 0 radical (unpaired) electrons. The predicted octanol–water partition coefficient (Wildman–Crippen LogP) is 3.53. The maximum absolute atomic E-state index is 12.2. The molecule has 21 heavy (non-hydrogen) atoms. The van der Waals surface area contributed by atoms with Crippen LogP contribution in [0.3, 0.4) is 0 Å². The molecule has 1 saturated heterocycles. The third-order valence-corrected chi connectivity index (χ3v) is 3.90. The fourth-order valence-corrected chi connectivity index (χ4v) is 2.86. The van der Waals surface area contributed by atoms with Gasteiger partial charge >= 0.3 is 6.61 Å². The van der Waals surface area contributed by atoms with Gasteiger partial charge in [-0.05, 0) is 32.0 Å². The summed E-state index contributed by atoms with van der Waals surface area (Å²) in [5, 5.41) is 5.68. The number of anilines is 1. The molecule has 1 heterocycles. The highest BCUT2D eigenvalue weighted by atomic mass is 35.5. The summed E-state index contributed by atoms with van der Waals surface area (Å²) < 4.78 is 28.7. The molecule has 1 aromatic carbocycles. The van der Waals surface area contributed by atoms with Gasteiger partial charge in [0.25, 0.3) is 0 Å². The second-order valence-corrected chi connectivity index (χ2v) is 5.59. The molecule has 1 aromatic rings. The first-order valence-corrected chi connectivity index (χ1v) is 7.12. The molecule has 1 aliphatic rings. The molecular weight excluding hydrogens is 325 g/mol. The minimum Gasteiger partial charge on any atom is -0.432 e. The Labute approximate surface area is 130 Å². The quantitative estimate of drug-likeness (QED) is 0.882. The van der Waals surface area contributed by atoms with Crippen LogP contribution in [0, 0.1) is 5.92 Å². The van der Waals surface area contributed by atoms with E-state index >= 15 is 0 Å². The van der Waals surface area contributed by atoms with Crippen LogP contribution in [0.25, 0.3) is 0 Å². The molecule has 0 saturated carbocycles. The number of nitrogens with one attached hydrogen (secondary N) is 2. The topological polar surface area (TPSA) is 50.4 Å². The van der Waals surface area contributed by atoms with Crippen molar-refractivity contribution in [2.45, 2.75) is 26.0 Å². The van der Waals surface area contributed by atoms with E-state index in [1.54, 1.807) is 0 Å². The van der Waals surface area contributed by atoms with E-state index in [1.807, 2.05) is 6.92 Å². The summed E-state index contributed by atoms with van der Waals surface area (Å²) in [7, 11) is 0. The number of carbonyl (C=O) groups is 1. The number of rotatable bonds is 4. The van der Waals surface area contributed by atoms with E-state index in [1.165, 1.54) is 12.1 Å². The van der Waals surface area contributed by atoms with Gasteiger partial charge in [-0.25, -0.2) is 0 Å². The Kier molecular flexibility index (Phi) is 5.24. The Balaban J connectivity index is 2.12. The Hall–Kier alpha value is -1.11. The zero-order chi connectivity index (χ0) is 15.6. The predicted molar refractivity (Wildman–Crippen MR) is 77.3 cm³/mol. The molecule has 2 rings (SSSR count). The molecule has 2 N–H and O–H groups in total. The summed E-state index contributed by atoms with van der Waals surface area (Å²) >= 11 is 11.7. The van der Waals surface area contributed by atoms with Crippen molar-refractivity contribution >= 4 is 34.8 Å². The normalized spacial score (nSPS) is 21.6. The van der Waals surface area contributed by atoms with Crippen LogP contribution >= 0.6 is 23.2 Å². The third kappa shape index (κ3) is 3.96. The van der Waals surface area contributed by atoms with Crippen molar-refractivity contribution in [2.75, 3.05) is 11.9 Å². The van der Waals surface area contributed by atoms with Crippen LogP contribution in [0.2, 0.25) is 10.0 Å². The molecule has 4 nitrogen and oxygen atoms in total. The average molecular weight is 339 g/mol. The third-order valence-electron chi connectivity index (χ3n) is 3.33. The number of halogens is 4. The summed E-state index contributed by atoms with van der Waals surface area (Å²) in [6.45, 7) is -0.315. The maximum Gasteiger partial charge on any atom is 0.387 e. The Morgan fingerprint density at radius 2 is 2.05 bits per heavy atom. The van der Waals surface area contributed by atoms with Crippen molar-refractivity contribution in [3.05, 3.63) is 22.2 Å². The smallest absolute Gasteiger partial charge is 0.387 e. The van der Waals surface area contributed by atoms with Crippen LogP contribution in [0.4, 0.5) is 14.5 Å². The molecule has 0 bridgehead atoms. The number of alkyl halides is 2. The zero-order valence-electron chi connectivity index (χ0n) is 11.1. The first-order valence-electron chi connectivity index (χ1n) is 6.36. The minimum absolute atomic E-state index is 0.0809. The molecule has 1 aliphatic heterocycles. The Morgan fingerprint density at radius 1 is 1.43 bits per heavy atom. The van der Waals surface area contributed by atoms with Gasteiger partial charge in [-0.3, -0.25) is 4.79 Å². The van der Waals surface area contributed by atoms with Crippen molar-refractivity contribution in [1.82, 2.24) is 5.32 Å². The lowest BCUT2D eigenvalue weighted by atomic mass is 10.0. The molecular formula is C13H14Cl2F2N2O2. The molecule has 8 heteroatoms. The summed E-state index contributed by atoms with van der Waals surface area (Å²) in [6, 6.07) is 2.74. The summed E-state index contributed by atoms with van der Waals surface area (Å²) in [5.74, 6) is -0.621. The molecule has 1 amide bonds. The van der Waals surface area contributed by atoms with Crippen molar-refractivity contribution in [3.63, 3.8) is 0 Å². The van der Waals surface area contributed by atoms with Crippen LogP contribution in [0.5, 0.6) is 5.75 Å². The van der Waals surface area contributed by atoms with Crippen molar-refractivity contribution in [3.8, 4) is 5.75 Å². The Bertz CT molecular complexity index is 520. The van der Waals surface area contributed by atoms with Gasteiger partial charge in [0.05, 0.1) is 16.0 Å². The number of amides is 1. The Morgan fingerprint density at radius 3 is 2.52 bits per heavy atom. The van der Waals surface area contributed by atoms with E-state index in [0.717, 1.165) is 13.0 Å². The molecule has 0 aliphatic carbocycles. The van der Waals surface area contributed by atoms with Crippen LogP contribution in [-0.4, -0.2) is 25.1 Å². The molecule has 2 unspecified atom stereocenters. The second kappa shape index (κ2) is 6.77. The number of carbonyl (C=O) groups excluding carboxylic acids is 1. The van der Waals surface area contributed by atoms with Crippen LogP contribution in [0.1, 0.15) is 13.3 Å². The van der Waals surface area contributed by atoms with Gasteiger partial charge in [0.2, 0.25) is 5.91 Å². The van der Waals surface area contributed by atoms with Gasteiger partial charge in [0.1, 0.15) is 0 Å². The van der Waals surface area contributed by atoms with Crippen molar-refractivity contribution in [2.24, 2.45) is 5.92 Å². The van der Waals surface area contributed by atoms with E-state index in [-0.39, 0.29) is 33.7 Å². The number of benzene rings is 1. The molecule has 116 valence electrons. The summed E-state index contributed by atoms with van der Waals surface area (Å²) in [6.07, 6.45) is 0.737. The monoisotopic (exact) mass is 338 g/mol. The SMILES string of the molecule is CC1NCCC1C(=O)Nc1cc(Cl)c(OC(F)F)c(Cl)c1. The van der Waals surface area contributed by atoms with Gasteiger partial charge < -0.3 is 15.4 Å². The van der Waals surface area contributed by atoms with E-state index < -0.39 is 6.61 Å². The lowest BCUT2D eigenvalue weighted by Crippen LogP contribution is -2.32. The molecule has 1 fully saturated rings. The number of ether oxygens (including phenoxy) is 1. The van der Waals surface area contributed by atoms with E-state index in [9.17, 15) is 13.6 Å². The van der Waals surface area contributed by atoms with E-state index in [2.05, 4.69) is 15.4 Å². The van der Waals surface area contributed by atoms with Gasteiger partial charge in [0, 0.05) is 11.7 Å². The minimum atomic E-state index is -3.02. The lowest BCUT2D eigenvalue weighted by molar-refractivity contribution is -0.120. The van der Waals surface area contributed by atoms with Gasteiger partial charge in [-0.2, -0.15) is 8.78 Å². The maximum atomic E-state index is 12.2. The number of hydrogen-bond acceptors (Lipinski definition) is 3. The average Bonchev–Trinajstić information content (AvgIpc) is 2.80. The first-order chi connectivity index (χ1) is 9.88. The van der Waals surface area contributed by atoms with Crippen LogP contribution in [-0.2, 0) is 4.79 Å². The van der Waals surface area contributed by atoms with Crippen molar-refractivity contribution in [1.29, 1.82) is 0 Å². The highest BCUT2D eigenvalue weighted by Gasteiger charge is 2.29. The summed E-state index contributed by atoms with van der Waals surface area (Å²) in [4.78, 5) is 12.1. The number of hydrogen-bond donors (Lipinski definition) is 2. The standard InChI is InChI=1S/C13H14Cl2F2N2O2/c1-6-8(2-3-18-6)12(20)19-7-4-9(14)11(10(15)5-7)21-13(16)17/h4-6,8,13,18H,2-3H2,1H3,(H,19,20). The highest BCUT2D eigenvalue weighted by molar-refractivity contribution is 6.37. The second-order valence-electron chi connectivity index (χ2n) is 4.77. The lowest BCUT2D eigenvalue weighted by Gasteiger charge is -2.16. The molecule has 2 atom stereocenters.